The van der Waals surface area contributed by atoms with E-state index in [0.29, 0.717) is 6.54 Å². The summed E-state index contributed by atoms with van der Waals surface area (Å²) in [7, 11) is -3.20. The molecule has 2 aromatic rings. The average Bonchev–Trinajstić information content (AvgIpc) is 3.05. The van der Waals surface area contributed by atoms with Gasteiger partial charge in [0.15, 0.2) is 0 Å². The summed E-state index contributed by atoms with van der Waals surface area (Å²) in [5, 5.41) is 4.33. The van der Waals surface area contributed by atoms with E-state index in [0.717, 1.165) is 31.0 Å². The molecule has 0 unspecified atom stereocenters. The molecule has 3 rings (SSSR count). The van der Waals surface area contributed by atoms with Crippen LogP contribution in [0.3, 0.4) is 0 Å². The lowest BCUT2D eigenvalue weighted by Crippen LogP contribution is -2.42. The Morgan fingerprint density at radius 1 is 1.50 bits per heavy atom. The van der Waals surface area contributed by atoms with Gasteiger partial charge >= 0.3 is 0 Å². The van der Waals surface area contributed by atoms with Gasteiger partial charge in [-0.2, -0.15) is 5.10 Å². The molecule has 1 N–H and O–H groups in total. The molecule has 0 amide bonds. The van der Waals surface area contributed by atoms with Gasteiger partial charge in [0.2, 0.25) is 10.0 Å². The average molecular weight is 341 g/mol. The molecular weight excluding hydrogens is 322 g/mol. The number of aryl methyl sites for hydroxylation is 1. The van der Waals surface area contributed by atoms with E-state index in [4.69, 9.17) is 0 Å². The van der Waals surface area contributed by atoms with Crippen LogP contribution in [0.2, 0.25) is 0 Å². The minimum absolute atomic E-state index is 0.00158. The van der Waals surface area contributed by atoms with Crippen LogP contribution in [0.4, 0.5) is 0 Å². The Bertz CT molecular complexity index is 752. The Labute approximate surface area is 134 Å². The molecule has 0 aromatic carbocycles. The summed E-state index contributed by atoms with van der Waals surface area (Å²) in [6.07, 6.45) is 2.95. The van der Waals surface area contributed by atoms with Crippen molar-refractivity contribution in [3.05, 3.63) is 34.0 Å². The van der Waals surface area contributed by atoms with E-state index in [9.17, 15) is 8.42 Å². The number of nitrogens with zero attached hydrogens (tertiary/aromatic N) is 4. The van der Waals surface area contributed by atoms with Crippen LogP contribution in [-0.4, -0.2) is 47.4 Å². The van der Waals surface area contributed by atoms with Crippen LogP contribution >= 0.6 is 11.3 Å². The van der Waals surface area contributed by atoms with Crippen molar-refractivity contribution in [3.63, 3.8) is 0 Å². The number of nitrogens with one attached hydrogen (secondary N) is 1. The number of hydrogen-bond acceptors (Lipinski definition) is 6. The fourth-order valence-corrected chi connectivity index (χ4v) is 3.98. The Morgan fingerprint density at radius 3 is 3.00 bits per heavy atom. The van der Waals surface area contributed by atoms with E-state index in [-0.39, 0.29) is 6.04 Å². The van der Waals surface area contributed by atoms with E-state index >= 15 is 0 Å². The SMILES string of the molecule is Cc1ncsc1CN1Cc2ccnn2[C@@H](CNS(C)(=O)=O)C1. The molecule has 0 saturated heterocycles. The minimum Gasteiger partial charge on any atom is -0.290 e. The standard InChI is InChI=1S/C13H19N5O2S2/c1-10-13(21-9-14-10)8-17-6-11-3-4-15-18(11)12(7-17)5-16-22(2,19)20/h3-4,9,12,16H,5-8H2,1-2H3/t12-/m0/s1. The van der Waals surface area contributed by atoms with Crippen LogP contribution in [0.5, 0.6) is 0 Å². The second-order valence-electron chi connectivity index (χ2n) is 5.57. The number of hydrogen-bond donors (Lipinski definition) is 1. The third kappa shape index (κ3) is 3.54. The second-order valence-corrected chi connectivity index (χ2v) is 8.34. The first-order valence-corrected chi connectivity index (χ1v) is 9.78. The maximum atomic E-state index is 11.3. The molecule has 0 aliphatic carbocycles. The lowest BCUT2D eigenvalue weighted by molar-refractivity contribution is 0.169. The molecule has 1 atom stereocenters. The van der Waals surface area contributed by atoms with Gasteiger partial charge in [-0.3, -0.25) is 9.58 Å². The van der Waals surface area contributed by atoms with Crippen molar-refractivity contribution in [2.75, 3.05) is 19.3 Å². The zero-order valence-corrected chi connectivity index (χ0v) is 14.2. The molecule has 9 heteroatoms. The topological polar surface area (TPSA) is 80.1 Å². The maximum Gasteiger partial charge on any atom is 0.208 e. The van der Waals surface area contributed by atoms with Gasteiger partial charge < -0.3 is 0 Å². The number of fused-ring (bicyclic) bond motifs is 1. The Hall–Kier alpha value is -1.29. The van der Waals surface area contributed by atoms with E-state index in [2.05, 4.69) is 19.7 Å². The van der Waals surface area contributed by atoms with E-state index in [1.165, 1.54) is 11.1 Å². The lowest BCUT2D eigenvalue weighted by Gasteiger charge is -2.33. The van der Waals surface area contributed by atoms with Gasteiger partial charge in [0.05, 0.1) is 29.2 Å². The predicted octanol–water partition coefficient (Wildman–Crippen LogP) is 0.754. The smallest absolute Gasteiger partial charge is 0.208 e. The van der Waals surface area contributed by atoms with Crippen molar-refractivity contribution in [1.29, 1.82) is 0 Å². The first kappa shape index (κ1) is 15.6. The summed E-state index contributed by atoms with van der Waals surface area (Å²) in [4.78, 5) is 7.85. The lowest BCUT2D eigenvalue weighted by atomic mass is 10.2. The van der Waals surface area contributed by atoms with E-state index in [1.807, 2.05) is 23.2 Å². The summed E-state index contributed by atoms with van der Waals surface area (Å²) in [5.74, 6) is 0. The minimum atomic E-state index is -3.20. The Balaban J connectivity index is 1.75. The highest BCUT2D eigenvalue weighted by atomic mass is 32.2. The monoisotopic (exact) mass is 341 g/mol. The molecule has 0 radical (unpaired) electrons. The highest BCUT2D eigenvalue weighted by Crippen LogP contribution is 2.23. The summed E-state index contributed by atoms with van der Waals surface area (Å²) in [6, 6.07) is 1.99. The second kappa shape index (κ2) is 6.07. The van der Waals surface area contributed by atoms with Gasteiger partial charge in [-0.05, 0) is 13.0 Å². The number of aromatic nitrogens is 3. The highest BCUT2D eigenvalue weighted by molar-refractivity contribution is 7.88. The summed E-state index contributed by atoms with van der Waals surface area (Å²) in [6.45, 7) is 4.77. The third-order valence-corrected chi connectivity index (χ3v) is 5.36. The molecule has 7 nitrogen and oxygen atoms in total. The van der Waals surface area contributed by atoms with Gasteiger partial charge in [0.25, 0.3) is 0 Å². The van der Waals surface area contributed by atoms with Crippen LogP contribution < -0.4 is 4.72 Å². The highest BCUT2D eigenvalue weighted by Gasteiger charge is 2.26. The molecule has 1 aliphatic heterocycles. The van der Waals surface area contributed by atoms with Gasteiger partial charge in [-0.15, -0.1) is 11.3 Å². The molecule has 0 saturated carbocycles. The van der Waals surface area contributed by atoms with Crippen molar-refractivity contribution >= 4 is 21.4 Å². The van der Waals surface area contributed by atoms with Crippen LogP contribution in [0.15, 0.2) is 17.8 Å². The van der Waals surface area contributed by atoms with Crippen molar-refractivity contribution in [1.82, 2.24) is 24.4 Å². The van der Waals surface area contributed by atoms with Crippen LogP contribution in [0.25, 0.3) is 0 Å². The largest absolute Gasteiger partial charge is 0.290 e. The molecular formula is C13H19N5O2S2. The quantitative estimate of drug-likeness (QED) is 0.868. The van der Waals surface area contributed by atoms with Gasteiger partial charge in [0, 0.05) is 37.3 Å². The van der Waals surface area contributed by atoms with Crippen molar-refractivity contribution in [2.24, 2.45) is 0 Å². The van der Waals surface area contributed by atoms with Crippen LogP contribution in [0.1, 0.15) is 22.3 Å². The van der Waals surface area contributed by atoms with Crippen LogP contribution in [-0.2, 0) is 23.1 Å². The van der Waals surface area contributed by atoms with Crippen LogP contribution in [0, 0.1) is 6.92 Å². The molecule has 2 aromatic heterocycles. The van der Waals surface area contributed by atoms with Gasteiger partial charge in [-0.1, -0.05) is 0 Å². The van der Waals surface area contributed by atoms with Gasteiger partial charge in [-0.25, -0.2) is 18.1 Å². The molecule has 3 heterocycles. The summed E-state index contributed by atoms with van der Waals surface area (Å²) < 4.78 is 27.2. The predicted molar refractivity (Wildman–Crippen MR) is 85.1 cm³/mol. The first-order chi connectivity index (χ1) is 10.4. The summed E-state index contributed by atoms with van der Waals surface area (Å²) >= 11 is 1.66. The van der Waals surface area contributed by atoms with Gasteiger partial charge in [0.1, 0.15) is 0 Å². The molecule has 22 heavy (non-hydrogen) atoms. The molecule has 0 bridgehead atoms. The number of sulfonamides is 1. The molecule has 1 aliphatic rings. The molecule has 0 spiro atoms. The van der Waals surface area contributed by atoms with E-state index < -0.39 is 10.0 Å². The van der Waals surface area contributed by atoms with Crippen molar-refractivity contribution in [3.8, 4) is 0 Å². The maximum absolute atomic E-state index is 11.3. The molecule has 120 valence electrons. The fraction of sp³-hybridized carbons (Fsp3) is 0.538. The Kier molecular flexibility index (Phi) is 4.31. The number of thiazole rings is 1. The zero-order chi connectivity index (χ0) is 15.7. The van der Waals surface area contributed by atoms with Crippen molar-refractivity contribution < 1.29 is 8.42 Å². The fourth-order valence-electron chi connectivity index (χ4n) is 2.66. The number of rotatable bonds is 5. The summed E-state index contributed by atoms with van der Waals surface area (Å²) in [5.41, 5.74) is 4.03. The molecule has 0 fully saturated rings. The van der Waals surface area contributed by atoms with Crippen molar-refractivity contribution in [2.45, 2.75) is 26.1 Å². The van der Waals surface area contributed by atoms with E-state index in [1.54, 1.807) is 17.5 Å². The normalized spacial score (nSPS) is 19.3. The first-order valence-electron chi connectivity index (χ1n) is 7.01. The zero-order valence-electron chi connectivity index (χ0n) is 12.6. The Morgan fingerprint density at radius 2 is 2.32 bits per heavy atom. The third-order valence-electron chi connectivity index (χ3n) is 3.75.